The van der Waals surface area contributed by atoms with Gasteiger partial charge in [0.15, 0.2) is 5.54 Å². The fourth-order valence-corrected chi connectivity index (χ4v) is 6.93. The van der Waals surface area contributed by atoms with Crippen molar-refractivity contribution in [2.75, 3.05) is 15.6 Å². The predicted octanol–water partition coefficient (Wildman–Crippen LogP) is 8.00. The van der Waals surface area contributed by atoms with Gasteiger partial charge in [0, 0.05) is 38.7 Å². The van der Waals surface area contributed by atoms with Crippen molar-refractivity contribution in [2.24, 2.45) is 5.10 Å². The molecule has 3 heterocycles. The van der Waals surface area contributed by atoms with E-state index in [0.717, 1.165) is 16.9 Å². The molecule has 8 rings (SSSR count). The minimum atomic E-state index is -1.56. The molecule has 0 radical (unpaired) electrons. The molecule has 6 aromatic rings. The van der Waals surface area contributed by atoms with E-state index < -0.39 is 23.3 Å². The van der Waals surface area contributed by atoms with Crippen LogP contribution in [0.1, 0.15) is 17.0 Å². The van der Waals surface area contributed by atoms with E-state index in [1.54, 1.807) is 76.4 Å². The smallest absolute Gasteiger partial charge is 0.272 e. The molecule has 0 fully saturated rings. The van der Waals surface area contributed by atoms with Gasteiger partial charge in [0.25, 0.3) is 11.8 Å². The van der Waals surface area contributed by atoms with Crippen LogP contribution >= 0.6 is 23.2 Å². The van der Waals surface area contributed by atoms with Crippen LogP contribution < -0.4 is 15.6 Å². The monoisotopic (exact) mass is 684 g/mol. The average Bonchev–Trinajstić information content (AvgIpc) is 3.81. The summed E-state index contributed by atoms with van der Waals surface area (Å²) in [4.78, 5) is 28.9. The molecule has 0 aliphatic carbocycles. The van der Waals surface area contributed by atoms with E-state index in [0.29, 0.717) is 38.2 Å². The summed E-state index contributed by atoms with van der Waals surface area (Å²) in [5.41, 5.74) is 3.67. The van der Waals surface area contributed by atoms with Crippen LogP contribution in [0.4, 0.5) is 17.1 Å². The lowest BCUT2D eigenvalue weighted by Gasteiger charge is -2.37. The van der Waals surface area contributed by atoms with Crippen molar-refractivity contribution in [3.05, 3.63) is 155 Å². The third-order valence-electron chi connectivity index (χ3n) is 8.75. The van der Waals surface area contributed by atoms with E-state index in [1.165, 1.54) is 6.07 Å². The number of anilines is 3. The number of amides is 2. The van der Waals surface area contributed by atoms with E-state index in [4.69, 9.17) is 33.4 Å². The summed E-state index contributed by atoms with van der Waals surface area (Å²) in [6, 6.07) is 37.6. The molecule has 49 heavy (non-hydrogen) atoms. The summed E-state index contributed by atoms with van der Waals surface area (Å²) < 4.78 is 1.74. The molecule has 2 aliphatic heterocycles. The summed E-state index contributed by atoms with van der Waals surface area (Å²) >= 11 is 12.6. The average molecular weight is 686 g/mol. The summed E-state index contributed by atoms with van der Waals surface area (Å²) in [6.07, 6.45) is 1.86. The van der Waals surface area contributed by atoms with Gasteiger partial charge in [-0.05, 0) is 78.4 Å². The Bertz CT molecular complexity index is 2290. The second-order valence-corrected chi connectivity index (χ2v) is 12.6. The summed E-state index contributed by atoms with van der Waals surface area (Å²) in [6.45, 7) is 0. The second kappa shape index (κ2) is 12.0. The van der Waals surface area contributed by atoms with E-state index in [9.17, 15) is 14.7 Å². The van der Waals surface area contributed by atoms with Crippen molar-refractivity contribution in [3.8, 4) is 22.7 Å². The third-order valence-corrected chi connectivity index (χ3v) is 9.24. The van der Waals surface area contributed by atoms with Crippen LogP contribution in [0.15, 0.2) is 139 Å². The molecule has 240 valence electrons. The second-order valence-electron chi connectivity index (χ2n) is 11.7. The Morgan fingerprint density at radius 3 is 2.39 bits per heavy atom. The van der Waals surface area contributed by atoms with Gasteiger partial charge in [-0.3, -0.25) is 9.59 Å². The van der Waals surface area contributed by atoms with Crippen LogP contribution in [0, 0.1) is 0 Å². The Hall–Kier alpha value is -5.90. The van der Waals surface area contributed by atoms with Crippen molar-refractivity contribution in [2.45, 2.75) is 11.5 Å². The van der Waals surface area contributed by atoms with E-state index in [2.05, 4.69) is 10.6 Å². The van der Waals surface area contributed by atoms with Gasteiger partial charge in [0.1, 0.15) is 11.5 Å². The number of phenols is 1. The number of hydrogen-bond acceptors (Lipinski definition) is 6. The number of hydrazone groups is 1. The van der Waals surface area contributed by atoms with E-state index in [-0.39, 0.29) is 11.5 Å². The molecule has 0 saturated heterocycles. The Kier molecular flexibility index (Phi) is 7.43. The molecule has 11 heteroatoms. The van der Waals surface area contributed by atoms with Crippen molar-refractivity contribution in [1.29, 1.82) is 0 Å². The van der Waals surface area contributed by atoms with Crippen molar-refractivity contribution in [3.63, 3.8) is 0 Å². The fourth-order valence-electron chi connectivity index (χ4n) is 6.63. The molecule has 9 nitrogen and oxygen atoms in total. The van der Waals surface area contributed by atoms with Crippen LogP contribution in [0.3, 0.4) is 0 Å². The zero-order valence-corrected chi connectivity index (χ0v) is 27.1. The molecule has 0 bridgehead atoms. The van der Waals surface area contributed by atoms with Gasteiger partial charge < -0.3 is 15.7 Å². The zero-order chi connectivity index (χ0) is 33.7. The SMILES string of the molecule is O=C(Nc1cccc(-n2ccc(-c3ccccc3)n2)c1)C1=NN(c2ccc(Cl)cc2)C2(C(=O)Nc3cc(Cl)ccc32)C1c1cccc(O)c1. The Morgan fingerprint density at radius 2 is 1.59 bits per heavy atom. The normalized spacial score (nSPS) is 17.9. The Labute approximate surface area is 291 Å². The molecule has 1 spiro atoms. The zero-order valence-electron chi connectivity index (χ0n) is 25.6. The van der Waals surface area contributed by atoms with Gasteiger partial charge in [-0.2, -0.15) is 10.2 Å². The topological polar surface area (TPSA) is 112 Å². The first-order chi connectivity index (χ1) is 23.8. The highest BCUT2D eigenvalue weighted by Gasteiger charge is 2.63. The Balaban J connectivity index is 1.23. The van der Waals surface area contributed by atoms with Crippen LogP contribution in [0.5, 0.6) is 5.75 Å². The molecule has 3 N–H and O–H groups in total. The van der Waals surface area contributed by atoms with Crippen LogP contribution in [-0.2, 0) is 15.1 Å². The minimum absolute atomic E-state index is 0.0196. The molecule has 1 aromatic heterocycles. The maximum atomic E-state index is 14.4. The van der Waals surface area contributed by atoms with Gasteiger partial charge in [-0.25, -0.2) is 9.69 Å². The standard InChI is InChI=1S/C38H26Cl2N6O3/c39-25-12-15-28(16-13-25)46-38(31-17-14-26(40)21-33(31)42-37(38)49)34(24-8-4-11-30(47)20-24)35(44-46)36(48)41-27-9-5-10-29(22-27)45-19-18-32(43-45)23-6-2-1-3-7-23/h1-22,34,47H,(H,41,48)(H,42,49). The molecule has 2 amide bonds. The first-order valence-electron chi connectivity index (χ1n) is 15.4. The minimum Gasteiger partial charge on any atom is -0.508 e. The number of phenolic OH excluding ortho intramolecular Hbond substituents is 1. The molecule has 2 atom stereocenters. The number of halogens is 2. The number of aromatic hydroxyl groups is 1. The van der Waals surface area contributed by atoms with Gasteiger partial charge >= 0.3 is 0 Å². The fraction of sp³-hybridized carbons (Fsp3) is 0.0526. The molecular weight excluding hydrogens is 659 g/mol. The molecule has 2 aliphatic rings. The maximum absolute atomic E-state index is 14.4. The molecular formula is C38H26Cl2N6O3. The number of fused-ring (bicyclic) bond motifs is 2. The number of carbonyl (C=O) groups excluding carboxylic acids is 2. The van der Waals surface area contributed by atoms with Crippen molar-refractivity contribution < 1.29 is 14.7 Å². The number of benzene rings is 5. The number of aromatic nitrogens is 2. The largest absolute Gasteiger partial charge is 0.508 e. The Morgan fingerprint density at radius 1 is 0.816 bits per heavy atom. The lowest BCUT2D eigenvalue weighted by molar-refractivity contribution is -0.120. The van der Waals surface area contributed by atoms with E-state index in [1.807, 2.05) is 60.8 Å². The van der Waals surface area contributed by atoms with Gasteiger partial charge in [0.05, 0.1) is 23.0 Å². The van der Waals surface area contributed by atoms with E-state index >= 15 is 0 Å². The maximum Gasteiger partial charge on any atom is 0.272 e. The lowest BCUT2D eigenvalue weighted by atomic mass is 9.72. The highest BCUT2D eigenvalue weighted by atomic mass is 35.5. The van der Waals surface area contributed by atoms with Gasteiger partial charge in [0.2, 0.25) is 0 Å². The number of nitrogens with zero attached hydrogens (tertiary/aromatic N) is 4. The number of nitrogens with one attached hydrogen (secondary N) is 2. The van der Waals surface area contributed by atoms with Crippen LogP contribution in [0.2, 0.25) is 10.0 Å². The van der Waals surface area contributed by atoms with Gasteiger partial charge in [-0.1, -0.05) is 77.8 Å². The first kappa shape index (κ1) is 30.4. The number of hydrogen-bond donors (Lipinski definition) is 3. The summed E-state index contributed by atoms with van der Waals surface area (Å²) in [7, 11) is 0. The van der Waals surface area contributed by atoms with Crippen LogP contribution in [0.25, 0.3) is 16.9 Å². The number of carbonyl (C=O) groups is 2. The van der Waals surface area contributed by atoms with Crippen molar-refractivity contribution >= 4 is 57.8 Å². The first-order valence-corrected chi connectivity index (χ1v) is 16.1. The summed E-state index contributed by atoms with van der Waals surface area (Å²) in [5.74, 6) is -1.91. The summed E-state index contributed by atoms with van der Waals surface area (Å²) in [5, 5.41) is 28.7. The quantitative estimate of drug-likeness (QED) is 0.165. The van der Waals surface area contributed by atoms with Gasteiger partial charge in [-0.15, -0.1) is 0 Å². The molecule has 2 unspecified atom stereocenters. The third kappa shape index (κ3) is 5.20. The highest BCUT2D eigenvalue weighted by Crippen LogP contribution is 2.55. The highest BCUT2D eigenvalue weighted by molar-refractivity contribution is 6.47. The predicted molar refractivity (Wildman–Crippen MR) is 192 cm³/mol. The molecule has 5 aromatic carbocycles. The number of rotatable bonds is 6. The van der Waals surface area contributed by atoms with Crippen LogP contribution in [-0.4, -0.2) is 32.4 Å². The van der Waals surface area contributed by atoms with Crippen molar-refractivity contribution in [1.82, 2.24) is 9.78 Å². The lowest BCUT2D eigenvalue weighted by Crippen LogP contribution is -2.51. The molecule has 0 saturated carbocycles.